The van der Waals surface area contributed by atoms with Gasteiger partial charge in [0.2, 0.25) is 21.8 Å². The fourth-order valence-electron chi connectivity index (χ4n) is 3.26. The highest BCUT2D eigenvalue weighted by Gasteiger charge is 2.31. The first-order chi connectivity index (χ1) is 16.4. The SMILES string of the molecule is CCC(C)NC(=O)C(C)N(Cc1ccc(OC)cc1)C(=O)CN(c1cccc(Cl)c1Cl)S(C)(=O)=O. The lowest BCUT2D eigenvalue weighted by atomic mass is 10.1. The Bertz CT molecular complexity index is 1140. The molecule has 192 valence electrons. The number of nitrogens with one attached hydrogen (secondary N) is 1. The van der Waals surface area contributed by atoms with Gasteiger partial charge in [0.25, 0.3) is 0 Å². The quantitative estimate of drug-likeness (QED) is 0.460. The van der Waals surface area contributed by atoms with Gasteiger partial charge in [-0.25, -0.2) is 8.42 Å². The van der Waals surface area contributed by atoms with Crippen LogP contribution in [0.2, 0.25) is 10.0 Å². The van der Waals surface area contributed by atoms with Crippen molar-refractivity contribution in [2.24, 2.45) is 0 Å². The van der Waals surface area contributed by atoms with Crippen LogP contribution in [0.4, 0.5) is 5.69 Å². The van der Waals surface area contributed by atoms with E-state index in [4.69, 9.17) is 27.9 Å². The van der Waals surface area contributed by atoms with Crippen molar-refractivity contribution in [3.8, 4) is 5.75 Å². The van der Waals surface area contributed by atoms with Crippen molar-refractivity contribution >= 4 is 50.7 Å². The summed E-state index contributed by atoms with van der Waals surface area (Å²) in [5.41, 5.74) is 0.824. The van der Waals surface area contributed by atoms with Crippen molar-refractivity contribution in [2.45, 2.75) is 45.8 Å². The average Bonchev–Trinajstić information content (AvgIpc) is 2.81. The van der Waals surface area contributed by atoms with E-state index >= 15 is 0 Å². The molecule has 0 saturated carbocycles. The number of hydrogen-bond acceptors (Lipinski definition) is 5. The van der Waals surface area contributed by atoms with E-state index in [2.05, 4.69) is 5.32 Å². The average molecular weight is 545 g/mol. The number of ether oxygens (including phenoxy) is 1. The number of carbonyl (C=O) groups excluding carboxylic acids is 2. The minimum absolute atomic E-state index is 0.0108. The lowest BCUT2D eigenvalue weighted by Gasteiger charge is -2.32. The fourth-order valence-corrected chi connectivity index (χ4v) is 4.56. The molecule has 2 rings (SSSR count). The fraction of sp³-hybridized carbons (Fsp3) is 0.417. The highest BCUT2D eigenvalue weighted by molar-refractivity contribution is 7.92. The minimum atomic E-state index is -3.91. The second-order valence-electron chi connectivity index (χ2n) is 8.21. The van der Waals surface area contributed by atoms with Crippen LogP contribution < -0.4 is 14.4 Å². The Kier molecular flexibility index (Phi) is 10.2. The van der Waals surface area contributed by atoms with Gasteiger partial charge in [0.05, 0.1) is 29.1 Å². The van der Waals surface area contributed by atoms with Crippen molar-refractivity contribution in [1.29, 1.82) is 0 Å². The van der Waals surface area contributed by atoms with E-state index in [-0.39, 0.29) is 34.2 Å². The molecule has 2 amide bonds. The highest BCUT2D eigenvalue weighted by Crippen LogP contribution is 2.33. The molecule has 0 aliphatic rings. The van der Waals surface area contributed by atoms with Crippen LogP contribution in [0.15, 0.2) is 42.5 Å². The molecule has 0 bridgehead atoms. The zero-order valence-corrected chi connectivity index (χ0v) is 22.7. The van der Waals surface area contributed by atoms with Gasteiger partial charge in [-0.15, -0.1) is 0 Å². The zero-order chi connectivity index (χ0) is 26.3. The number of methoxy groups -OCH3 is 1. The monoisotopic (exact) mass is 543 g/mol. The molecule has 0 saturated heterocycles. The van der Waals surface area contributed by atoms with Crippen LogP contribution in [0.3, 0.4) is 0 Å². The van der Waals surface area contributed by atoms with Crippen molar-refractivity contribution in [3.05, 3.63) is 58.1 Å². The number of anilines is 1. The maximum atomic E-state index is 13.5. The number of benzene rings is 2. The number of hydrogen-bond donors (Lipinski definition) is 1. The van der Waals surface area contributed by atoms with Crippen molar-refractivity contribution in [2.75, 3.05) is 24.2 Å². The molecule has 2 unspecified atom stereocenters. The summed E-state index contributed by atoms with van der Waals surface area (Å²) in [5, 5.41) is 3.04. The molecule has 2 atom stereocenters. The van der Waals surface area contributed by atoms with Crippen LogP contribution >= 0.6 is 23.2 Å². The summed E-state index contributed by atoms with van der Waals surface area (Å²) >= 11 is 12.3. The Morgan fingerprint density at radius 1 is 1.09 bits per heavy atom. The Hall–Kier alpha value is -2.49. The number of amides is 2. The summed E-state index contributed by atoms with van der Waals surface area (Å²) in [4.78, 5) is 27.8. The van der Waals surface area contributed by atoms with Gasteiger partial charge >= 0.3 is 0 Å². The maximum Gasteiger partial charge on any atom is 0.244 e. The largest absolute Gasteiger partial charge is 0.497 e. The van der Waals surface area contributed by atoms with E-state index in [1.54, 1.807) is 44.4 Å². The summed E-state index contributed by atoms with van der Waals surface area (Å²) in [6.45, 7) is 4.94. The number of nitrogens with zero attached hydrogens (tertiary/aromatic N) is 2. The highest BCUT2D eigenvalue weighted by atomic mass is 35.5. The topological polar surface area (TPSA) is 96.0 Å². The first-order valence-corrected chi connectivity index (χ1v) is 13.6. The molecule has 0 fully saturated rings. The molecule has 0 aromatic heterocycles. The Balaban J connectivity index is 2.42. The molecule has 0 aliphatic heterocycles. The van der Waals surface area contributed by atoms with E-state index in [1.807, 2.05) is 13.8 Å². The second-order valence-corrected chi connectivity index (χ2v) is 10.9. The van der Waals surface area contributed by atoms with Crippen LogP contribution in [0.25, 0.3) is 0 Å². The smallest absolute Gasteiger partial charge is 0.244 e. The molecule has 8 nitrogen and oxygen atoms in total. The van der Waals surface area contributed by atoms with E-state index in [9.17, 15) is 18.0 Å². The molecule has 0 radical (unpaired) electrons. The van der Waals surface area contributed by atoms with Crippen LogP contribution in [0.5, 0.6) is 5.75 Å². The van der Waals surface area contributed by atoms with E-state index in [0.717, 1.165) is 22.5 Å². The van der Waals surface area contributed by atoms with Crippen LogP contribution in [0.1, 0.15) is 32.8 Å². The standard InChI is InChI=1S/C24H31Cl2N3O5S/c1-6-16(2)27-24(31)17(3)28(14-18-10-12-19(34-4)13-11-18)22(30)15-29(35(5,32)33)21-9-7-8-20(25)23(21)26/h7-13,16-17H,6,14-15H2,1-5H3,(H,27,31). The third-order valence-electron chi connectivity index (χ3n) is 5.56. The Labute approximate surface area is 217 Å². The van der Waals surface area contributed by atoms with E-state index in [1.165, 1.54) is 17.0 Å². The molecular weight excluding hydrogens is 513 g/mol. The second kappa shape index (κ2) is 12.5. The molecule has 0 aliphatic carbocycles. The number of rotatable bonds is 11. The maximum absolute atomic E-state index is 13.5. The summed E-state index contributed by atoms with van der Waals surface area (Å²) < 4.78 is 31.3. The van der Waals surface area contributed by atoms with Crippen LogP contribution in [0, 0.1) is 0 Å². The Morgan fingerprint density at radius 2 is 1.71 bits per heavy atom. The molecule has 1 N–H and O–H groups in total. The number of sulfonamides is 1. The summed E-state index contributed by atoms with van der Waals surface area (Å²) in [6, 6.07) is 10.6. The summed E-state index contributed by atoms with van der Waals surface area (Å²) in [7, 11) is -2.36. The van der Waals surface area contributed by atoms with Gasteiger partial charge in [-0.1, -0.05) is 48.3 Å². The predicted octanol–water partition coefficient (Wildman–Crippen LogP) is 4.10. The molecule has 0 spiro atoms. The van der Waals surface area contributed by atoms with Gasteiger partial charge in [-0.3, -0.25) is 13.9 Å². The molecule has 2 aromatic rings. The van der Waals surface area contributed by atoms with E-state index in [0.29, 0.717) is 5.75 Å². The van der Waals surface area contributed by atoms with Gasteiger partial charge in [0, 0.05) is 12.6 Å². The van der Waals surface area contributed by atoms with E-state index < -0.39 is 28.5 Å². The Morgan fingerprint density at radius 3 is 2.26 bits per heavy atom. The van der Waals surface area contributed by atoms with Gasteiger partial charge in [0.15, 0.2) is 0 Å². The van der Waals surface area contributed by atoms with Gasteiger partial charge < -0.3 is 15.0 Å². The van der Waals surface area contributed by atoms with Crippen molar-refractivity contribution in [1.82, 2.24) is 10.2 Å². The first kappa shape index (κ1) is 28.7. The van der Waals surface area contributed by atoms with Crippen molar-refractivity contribution in [3.63, 3.8) is 0 Å². The van der Waals surface area contributed by atoms with Gasteiger partial charge in [0.1, 0.15) is 18.3 Å². The third kappa shape index (κ3) is 7.75. The molecule has 35 heavy (non-hydrogen) atoms. The first-order valence-electron chi connectivity index (χ1n) is 11.0. The number of halogens is 2. The minimum Gasteiger partial charge on any atom is -0.497 e. The lowest BCUT2D eigenvalue weighted by molar-refractivity contribution is -0.139. The zero-order valence-electron chi connectivity index (χ0n) is 20.4. The van der Waals surface area contributed by atoms with Gasteiger partial charge in [-0.05, 0) is 50.1 Å². The lowest BCUT2D eigenvalue weighted by Crippen LogP contribution is -2.52. The van der Waals surface area contributed by atoms with Crippen molar-refractivity contribution < 1.29 is 22.7 Å². The molecule has 2 aromatic carbocycles. The third-order valence-corrected chi connectivity index (χ3v) is 7.49. The molecule has 11 heteroatoms. The molecule has 0 heterocycles. The summed E-state index contributed by atoms with van der Waals surface area (Å²) in [5.74, 6) is -0.268. The molecular formula is C24H31Cl2N3O5S. The predicted molar refractivity (Wildman–Crippen MR) is 140 cm³/mol. The van der Waals surface area contributed by atoms with Crippen LogP contribution in [-0.2, 0) is 26.2 Å². The van der Waals surface area contributed by atoms with Crippen LogP contribution in [-0.4, -0.2) is 57.1 Å². The van der Waals surface area contributed by atoms with Gasteiger partial charge in [-0.2, -0.15) is 0 Å². The summed E-state index contributed by atoms with van der Waals surface area (Å²) in [6.07, 6.45) is 1.70. The number of carbonyl (C=O) groups is 2. The normalized spacial score (nSPS) is 13.0.